The summed E-state index contributed by atoms with van der Waals surface area (Å²) in [6, 6.07) is 0. The second-order valence-electron chi connectivity index (χ2n) is 3.11. The Kier molecular flexibility index (Phi) is 3.41. The van der Waals surface area contributed by atoms with Gasteiger partial charge in [-0.3, -0.25) is 0 Å². The van der Waals surface area contributed by atoms with Gasteiger partial charge in [0.15, 0.2) is 29.2 Å². The van der Waals surface area contributed by atoms with Crippen LogP contribution in [0.1, 0.15) is 11.1 Å². The van der Waals surface area contributed by atoms with Gasteiger partial charge in [0.05, 0.1) is 5.56 Å². The Morgan fingerprint density at radius 1 is 1.12 bits per heavy atom. The minimum Gasteiger partial charge on any atom is -0.475 e. The third kappa shape index (κ3) is 2.10. The van der Waals surface area contributed by atoms with Crippen LogP contribution in [0.25, 0.3) is 0 Å². The van der Waals surface area contributed by atoms with E-state index in [4.69, 9.17) is 5.73 Å². The number of rotatable bonds is 3. The maximum atomic E-state index is 13.2. The standard InChI is InChI=1S/C10H9F4NO/c1-4-7(11)9(13)6(3-16-5(2)15)10(14)8(4)12/h2-3,15H2,1H3. The number of nitrogens with two attached hydrogens (primary N) is 1. The molecule has 0 spiro atoms. The van der Waals surface area contributed by atoms with E-state index in [0.717, 1.165) is 6.92 Å². The minimum absolute atomic E-state index is 0.305. The Labute approximate surface area is 89.3 Å². The molecule has 0 aliphatic rings. The molecule has 0 unspecified atom stereocenters. The van der Waals surface area contributed by atoms with Gasteiger partial charge in [-0.25, -0.2) is 17.6 Å². The molecule has 0 aliphatic heterocycles. The quantitative estimate of drug-likeness (QED) is 0.496. The number of benzene rings is 1. The molecule has 0 amide bonds. The SMILES string of the molecule is C=C(N)OCc1c(F)c(F)c(C)c(F)c1F. The van der Waals surface area contributed by atoms with Crippen molar-refractivity contribution in [3.63, 3.8) is 0 Å². The third-order valence-electron chi connectivity index (χ3n) is 1.98. The zero-order chi connectivity index (χ0) is 12.5. The van der Waals surface area contributed by atoms with Gasteiger partial charge in [0.2, 0.25) is 0 Å². The van der Waals surface area contributed by atoms with Gasteiger partial charge < -0.3 is 10.5 Å². The lowest BCUT2D eigenvalue weighted by atomic mass is 10.1. The summed E-state index contributed by atoms with van der Waals surface area (Å²) in [6.45, 7) is 3.33. The lowest BCUT2D eigenvalue weighted by Gasteiger charge is -2.10. The average Bonchev–Trinajstić information content (AvgIpc) is 2.23. The summed E-state index contributed by atoms with van der Waals surface area (Å²) in [5.41, 5.74) is 3.43. The number of ether oxygens (including phenoxy) is 1. The largest absolute Gasteiger partial charge is 0.475 e. The molecular weight excluding hydrogens is 226 g/mol. The van der Waals surface area contributed by atoms with Crippen LogP contribution >= 0.6 is 0 Å². The number of halogens is 4. The average molecular weight is 235 g/mol. The van der Waals surface area contributed by atoms with E-state index in [9.17, 15) is 17.6 Å². The Morgan fingerprint density at radius 2 is 1.56 bits per heavy atom. The summed E-state index contributed by atoms with van der Waals surface area (Å²) in [5, 5.41) is 0. The molecule has 0 aromatic heterocycles. The second kappa shape index (κ2) is 4.42. The molecule has 0 fully saturated rings. The Hall–Kier alpha value is -1.72. The summed E-state index contributed by atoms with van der Waals surface area (Å²) in [4.78, 5) is 0. The zero-order valence-electron chi connectivity index (χ0n) is 8.41. The van der Waals surface area contributed by atoms with E-state index < -0.39 is 41.0 Å². The lowest BCUT2D eigenvalue weighted by Crippen LogP contribution is -2.09. The van der Waals surface area contributed by atoms with Crippen LogP contribution in [0.5, 0.6) is 0 Å². The van der Waals surface area contributed by atoms with Crippen molar-refractivity contribution in [1.82, 2.24) is 0 Å². The third-order valence-corrected chi connectivity index (χ3v) is 1.98. The second-order valence-corrected chi connectivity index (χ2v) is 3.11. The molecule has 0 saturated carbocycles. The molecule has 0 heterocycles. The zero-order valence-corrected chi connectivity index (χ0v) is 8.41. The van der Waals surface area contributed by atoms with Crippen LogP contribution in [0.15, 0.2) is 12.5 Å². The Balaban J connectivity index is 3.23. The van der Waals surface area contributed by atoms with E-state index in [-0.39, 0.29) is 5.88 Å². The predicted molar refractivity (Wildman–Crippen MR) is 49.1 cm³/mol. The molecule has 0 aliphatic carbocycles. The molecule has 2 nitrogen and oxygen atoms in total. The normalized spacial score (nSPS) is 10.3. The van der Waals surface area contributed by atoms with E-state index in [1.54, 1.807) is 0 Å². The predicted octanol–water partition coefficient (Wildman–Crippen LogP) is 2.50. The van der Waals surface area contributed by atoms with Crippen LogP contribution in [0.4, 0.5) is 17.6 Å². The minimum atomic E-state index is -1.49. The lowest BCUT2D eigenvalue weighted by molar-refractivity contribution is 0.187. The van der Waals surface area contributed by atoms with Crippen LogP contribution in [0, 0.1) is 30.2 Å². The van der Waals surface area contributed by atoms with Crippen molar-refractivity contribution in [3.05, 3.63) is 46.9 Å². The van der Waals surface area contributed by atoms with Crippen molar-refractivity contribution >= 4 is 0 Å². The van der Waals surface area contributed by atoms with Gasteiger partial charge in [-0.1, -0.05) is 0 Å². The highest BCUT2D eigenvalue weighted by Crippen LogP contribution is 2.24. The van der Waals surface area contributed by atoms with Gasteiger partial charge in [-0.15, -0.1) is 0 Å². The van der Waals surface area contributed by atoms with Gasteiger partial charge in [-0.05, 0) is 13.5 Å². The summed E-state index contributed by atoms with van der Waals surface area (Å²) in [5.74, 6) is -6.17. The van der Waals surface area contributed by atoms with Crippen molar-refractivity contribution < 1.29 is 22.3 Å². The molecule has 0 saturated heterocycles. The molecular formula is C10H9F4NO. The van der Waals surface area contributed by atoms with E-state index in [1.807, 2.05) is 0 Å². The van der Waals surface area contributed by atoms with Gasteiger partial charge in [0, 0.05) is 5.56 Å². The molecule has 0 atom stereocenters. The molecule has 0 bridgehead atoms. The van der Waals surface area contributed by atoms with Crippen molar-refractivity contribution in [1.29, 1.82) is 0 Å². The van der Waals surface area contributed by atoms with Crippen LogP contribution in [0.3, 0.4) is 0 Å². The first-order valence-corrected chi connectivity index (χ1v) is 4.24. The van der Waals surface area contributed by atoms with Gasteiger partial charge in [0.1, 0.15) is 6.61 Å². The van der Waals surface area contributed by atoms with Crippen molar-refractivity contribution in [2.45, 2.75) is 13.5 Å². The highest BCUT2D eigenvalue weighted by Gasteiger charge is 2.23. The molecule has 0 radical (unpaired) electrons. The van der Waals surface area contributed by atoms with Crippen LogP contribution in [0.2, 0.25) is 0 Å². The first kappa shape index (κ1) is 12.4. The maximum Gasteiger partial charge on any atom is 0.176 e. The topological polar surface area (TPSA) is 35.2 Å². The van der Waals surface area contributed by atoms with E-state index >= 15 is 0 Å². The number of hydrogen-bond acceptors (Lipinski definition) is 2. The van der Waals surface area contributed by atoms with Crippen LogP contribution in [-0.4, -0.2) is 0 Å². The molecule has 1 aromatic carbocycles. The monoisotopic (exact) mass is 235 g/mol. The van der Waals surface area contributed by atoms with Gasteiger partial charge >= 0.3 is 0 Å². The fourth-order valence-electron chi connectivity index (χ4n) is 1.08. The molecule has 6 heteroatoms. The maximum absolute atomic E-state index is 13.2. The molecule has 1 aromatic rings. The molecule has 16 heavy (non-hydrogen) atoms. The van der Waals surface area contributed by atoms with E-state index in [2.05, 4.69) is 11.3 Å². The molecule has 2 N–H and O–H groups in total. The van der Waals surface area contributed by atoms with Crippen LogP contribution < -0.4 is 5.73 Å². The van der Waals surface area contributed by atoms with Crippen molar-refractivity contribution in [2.75, 3.05) is 0 Å². The van der Waals surface area contributed by atoms with Gasteiger partial charge in [0.25, 0.3) is 0 Å². The fraction of sp³-hybridized carbons (Fsp3) is 0.200. The van der Waals surface area contributed by atoms with E-state index in [1.165, 1.54) is 0 Å². The smallest absolute Gasteiger partial charge is 0.176 e. The number of hydrogen-bond donors (Lipinski definition) is 1. The molecule has 1 rings (SSSR count). The van der Waals surface area contributed by atoms with E-state index in [0.29, 0.717) is 0 Å². The van der Waals surface area contributed by atoms with Gasteiger partial charge in [-0.2, -0.15) is 0 Å². The first-order valence-electron chi connectivity index (χ1n) is 4.24. The molecule has 88 valence electrons. The summed E-state index contributed by atoms with van der Waals surface area (Å²) in [6.07, 6.45) is 0. The Morgan fingerprint density at radius 3 is 1.94 bits per heavy atom. The van der Waals surface area contributed by atoms with Crippen molar-refractivity contribution in [3.8, 4) is 0 Å². The highest BCUT2D eigenvalue weighted by atomic mass is 19.2. The summed E-state index contributed by atoms with van der Waals surface area (Å²) >= 11 is 0. The fourth-order valence-corrected chi connectivity index (χ4v) is 1.08. The first-order chi connectivity index (χ1) is 7.36. The summed E-state index contributed by atoms with van der Waals surface area (Å²) < 4.78 is 57.1. The Bertz CT molecular complexity index is 416. The van der Waals surface area contributed by atoms with Crippen LogP contribution in [-0.2, 0) is 11.3 Å². The summed E-state index contributed by atoms with van der Waals surface area (Å²) in [7, 11) is 0. The highest BCUT2D eigenvalue weighted by molar-refractivity contribution is 5.28. The van der Waals surface area contributed by atoms with Crippen molar-refractivity contribution in [2.24, 2.45) is 5.73 Å².